The van der Waals surface area contributed by atoms with E-state index in [4.69, 9.17) is 4.74 Å². The summed E-state index contributed by atoms with van der Waals surface area (Å²) in [6, 6.07) is 27.2. The number of ether oxygens (including phenoxy) is 1. The highest BCUT2D eigenvalue weighted by Crippen LogP contribution is 2.31. The van der Waals surface area contributed by atoms with E-state index in [0.29, 0.717) is 12.2 Å². The van der Waals surface area contributed by atoms with Crippen LogP contribution in [0.1, 0.15) is 16.1 Å². The first-order valence-corrected chi connectivity index (χ1v) is 19.6. The number of fused-ring (bicyclic) bond motifs is 1. The van der Waals surface area contributed by atoms with Gasteiger partial charge in [-0.1, -0.05) is 54.6 Å². The van der Waals surface area contributed by atoms with Crippen LogP contribution < -0.4 is 31.2 Å². The van der Waals surface area contributed by atoms with E-state index in [1.807, 2.05) is 65.2 Å². The lowest BCUT2D eigenvalue weighted by molar-refractivity contribution is -0.664. The fraction of sp³-hybridized carbons (Fsp3) is 0.0213. The summed E-state index contributed by atoms with van der Waals surface area (Å²) in [7, 11) is 0. The molecule has 0 aliphatic heterocycles. The number of para-hydroxylation sites is 2. The van der Waals surface area contributed by atoms with Gasteiger partial charge in [0.05, 0.1) is 0 Å². The highest BCUT2D eigenvalue weighted by Gasteiger charge is 2.52. The van der Waals surface area contributed by atoms with Gasteiger partial charge in [-0.25, -0.2) is 97.0 Å². The van der Waals surface area contributed by atoms with E-state index in [9.17, 15) is 61.9 Å². The second-order valence-electron chi connectivity index (χ2n) is 15.0. The maximum atomic E-state index is 15.4. The van der Waals surface area contributed by atoms with Crippen LogP contribution in [0.5, 0.6) is 5.75 Å². The Morgan fingerprint density at radius 3 is 1.06 bits per heavy atom. The van der Waals surface area contributed by atoms with Crippen LogP contribution in [0.4, 0.5) is 92.2 Å². The Kier molecular flexibility index (Phi) is 14.2. The van der Waals surface area contributed by atoms with Crippen molar-refractivity contribution in [3.63, 3.8) is 0 Å². The van der Waals surface area contributed by atoms with E-state index < -0.39 is 156 Å². The number of rotatable bonds is 8. The SMILES string of the molecule is Fc1c(F)c(F)c([B-](c2c(F)c(F)c(F)c(F)c2F)(c2c(F)c(F)c(F)c(F)c2F)c2c(F)c(F)c(F)c(F)c2F)c(F)c1F.O=C(Oc1ccccc1F)c1ccc2ccccc2[n+]1Cc1ccccc1. The number of hydrogen-bond donors (Lipinski definition) is 0. The molecule has 0 aliphatic rings. The van der Waals surface area contributed by atoms with Gasteiger partial charge in [-0.15, -0.1) is 21.9 Å². The molecule has 72 heavy (non-hydrogen) atoms. The minimum absolute atomic E-state index is 0.0816. The third-order valence-corrected chi connectivity index (χ3v) is 11.1. The maximum absolute atomic E-state index is 15.4. The van der Waals surface area contributed by atoms with Gasteiger partial charge in [0.2, 0.25) is 5.52 Å². The summed E-state index contributed by atoms with van der Waals surface area (Å²) in [6.07, 6.45) is -7.22. The quantitative estimate of drug-likeness (QED) is 0.0289. The molecule has 0 amide bonds. The number of nitrogens with zero attached hydrogens (tertiary/aromatic N) is 1. The molecule has 0 bridgehead atoms. The Morgan fingerprint density at radius 1 is 0.361 bits per heavy atom. The molecule has 0 spiro atoms. The lowest BCUT2D eigenvalue weighted by Crippen LogP contribution is -2.81. The van der Waals surface area contributed by atoms with Crippen molar-refractivity contribution in [1.29, 1.82) is 0 Å². The number of halogens is 21. The number of carbonyl (C=O) groups excluding carboxylic acids is 1. The molecule has 3 nitrogen and oxygen atoms in total. The summed E-state index contributed by atoms with van der Waals surface area (Å²) in [5.41, 5.74) is -12.0. The van der Waals surface area contributed by atoms with Gasteiger partial charge in [0.15, 0.2) is 87.9 Å². The van der Waals surface area contributed by atoms with E-state index in [2.05, 4.69) is 0 Å². The Bertz CT molecular complexity index is 3140. The molecular formula is C47H17BF21NO2. The largest absolute Gasteiger partial charge is 0.415 e. The zero-order valence-electron chi connectivity index (χ0n) is 34.6. The molecule has 0 saturated heterocycles. The van der Waals surface area contributed by atoms with Crippen molar-refractivity contribution in [2.24, 2.45) is 0 Å². The standard InChI is InChI=1S/C24BF20.C23H17FNO2/c26-5-1(6(27)14(35)21(42)13(5)34)25(2-7(28)15(36)22(43)16(37)8(2)29,3-9(30)17(38)23(44)18(39)10(3)31)4-11(32)19(40)24(45)20(41)12(4)33;24-19-11-5-7-13-22(19)27-23(26)21-15-14-18-10-4-6-12-20(18)25(21)16-17-8-2-1-3-9-17/h;1-15H,16H2/q-1;+1. The first kappa shape index (κ1) is 51.9. The molecule has 0 fully saturated rings. The van der Waals surface area contributed by atoms with Gasteiger partial charge < -0.3 is 4.74 Å². The minimum Gasteiger partial charge on any atom is -0.415 e. The van der Waals surface area contributed by atoms with Crippen LogP contribution in [0.2, 0.25) is 0 Å². The van der Waals surface area contributed by atoms with Gasteiger partial charge in [0, 0.05) is 23.1 Å². The Morgan fingerprint density at radius 2 is 0.681 bits per heavy atom. The van der Waals surface area contributed by atoms with Crippen LogP contribution in [0, 0.1) is 122 Å². The summed E-state index contributed by atoms with van der Waals surface area (Å²) >= 11 is 0. The number of benzene rings is 7. The van der Waals surface area contributed by atoms with Gasteiger partial charge in [-0.2, -0.15) is 4.57 Å². The second kappa shape index (κ2) is 19.7. The Hall–Kier alpha value is -7.99. The summed E-state index contributed by atoms with van der Waals surface area (Å²) in [5, 5.41) is 1.01. The summed E-state index contributed by atoms with van der Waals surface area (Å²) in [4.78, 5) is 12.8. The lowest BCUT2D eigenvalue weighted by atomic mass is 9.12. The fourth-order valence-corrected chi connectivity index (χ4v) is 7.93. The Balaban J connectivity index is 0.000000238. The van der Waals surface area contributed by atoms with Crippen LogP contribution in [0.25, 0.3) is 10.9 Å². The van der Waals surface area contributed by atoms with Crippen molar-refractivity contribution < 1.29 is 106 Å². The molecular weight excluding hydrogens is 1020 g/mol. The van der Waals surface area contributed by atoms with Crippen molar-refractivity contribution >= 4 is 44.9 Å². The zero-order chi connectivity index (χ0) is 53.0. The number of carbonyl (C=O) groups is 1. The molecule has 372 valence electrons. The smallest absolute Gasteiger partial charge is 0.409 e. The highest BCUT2D eigenvalue weighted by atomic mass is 19.2. The van der Waals surface area contributed by atoms with Crippen molar-refractivity contribution in [2.45, 2.75) is 6.54 Å². The lowest BCUT2D eigenvalue weighted by Gasteiger charge is -2.44. The predicted octanol–water partition coefficient (Wildman–Crippen LogP) is 10.4. The highest BCUT2D eigenvalue weighted by molar-refractivity contribution is 7.20. The Labute approximate surface area is 387 Å². The van der Waals surface area contributed by atoms with Gasteiger partial charge in [0.25, 0.3) is 5.69 Å². The molecule has 7 aromatic carbocycles. The van der Waals surface area contributed by atoms with E-state index in [0.717, 1.165) is 16.5 Å². The molecule has 1 heterocycles. The molecule has 0 saturated carbocycles. The normalized spacial score (nSPS) is 11.5. The summed E-state index contributed by atoms with van der Waals surface area (Å²) < 4.78 is 315. The summed E-state index contributed by atoms with van der Waals surface area (Å²) in [5.74, 6) is -72.7. The number of esters is 1. The molecule has 8 aromatic rings. The van der Waals surface area contributed by atoms with Gasteiger partial charge >= 0.3 is 5.97 Å². The van der Waals surface area contributed by atoms with Gasteiger partial charge in [-0.05, 0) is 24.3 Å². The van der Waals surface area contributed by atoms with E-state index in [1.54, 1.807) is 18.2 Å². The van der Waals surface area contributed by atoms with Crippen LogP contribution in [-0.4, -0.2) is 12.1 Å². The molecule has 8 rings (SSSR count). The van der Waals surface area contributed by atoms with Crippen molar-refractivity contribution in [2.75, 3.05) is 0 Å². The minimum atomic E-state index is -7.22. The van der Waals surface area contributed by atoms with Crippen molar-refractivity contribution in [3.05, 3.63) is 224 Å². The fourth-order valence-electron chi connectivity index (χ4n) is 7.93. The molecule has 1 aromatic heterocycles. The molecule has 0 N–H and O–H groups in total. The monoisotopic (exact) mass is 1040 g/mol. The predicted molar refractivity (Wildman–Crippen MR) is 210 cm³/mol. The molecule has 0 unspecified atom stereocenters. The maximum Gasteiger partial charge on any atom is 0.409 e. The third-order valence-electron chi connectivity index (χ3n) is 11.1. The summed E-state index contributed by atoms with van der Waals surface area (Å²) in [6.45, 7) is 0.504. The number of pyridine rings is 1. The van der Waals surface area contributed by atoms with Crippen LogP contribution >= 0.6 is 0 Å². The van der Waals surface area contributed by atoms with Crippen LogP contribution in [0.3, 0.4) is 0 Å². The van der Waals surface area contributed by atoms with Crippen molar-refractivity contribution in [3.8, 4) is 5.75 Å². The molecule has 0 radical (unpaired) electrons. The average Bonchev–Trinajstić information content (AvgIpc) is 3.37. The van der Waals surface area contributed by atoms with Crippen LogP contribution in [-0.2, 0) is 6.54 Å². The third kappa shape index (κ3) is 8.28. The number of hydrogen-bond acceptors (Lipinski definition) is 2. The van der Waals surface area contributed by atoms with Crippen LogP contribution in [0.15, 0.2) is 91.0 Å². The second-order valence-corrected chi connectivity index (χ2v) is 15.0. The van der Waals surface area contributed by atoms with E-state index in [-0.39, 0.29) is 5.75 Å². The molecule has 25 heteroatoms. The zero-order valence-corrected chi connectivity index (χ0v) is 34.6. The van der Waals surface area contributed by atoms with Gasteiger partial charge in [0.1, 0.15) is 52.7 Å². The van der Waals surface area contributed by atoms with E-state index in [1.165, 1.54) is 12.1 Å². The van der Waals surface area contributed by atoms with Gasteiger partial charge in [-0.3, -0.25) is 0 Å². The first-order chi connectivity index (χ1) is 33.9. The number of aromatic nitrogens is 1. The molecule has 0 atom stereocenters. The topological polar surface area (TPSA) is 30.2 Å². The van der Waals surface area contributed by atoms with E-state index >= 15 is 35.1 Å². The first-order valence-electron chi connectivity index (χ1n) is 19.6. The average molecular weight is 1040 g/mol. The molecule has 0 aliphatic carbocycles. The van der Waals surface area contributed by atoms with Crippen molar-refractivity contribution in [1.82, 2.24) is 0 Å².